The van der Waals surface area contributed by atoms with E-state index >= 15 is 0 Å². The zero-order valence-corrected chi connectivity index (χ0v) is 18.2. The Morgan fingerprint density at radius 1 is 0.667 bits per heavy atom. The van der Waals surface area contributed by atoms with Crippen molar-refractivity contribution in [2.75, 3.05) is 19.8 Å². The van der Waals surface area contributed by atoms with Gasteiger partial charge < -0.3 is 38.2 Å². The van der Waals surface area contributed by atoms with Crippen LogP contribution in [0, 0.1) is 0 Å². The third-order valence-corrected chi connectivity index (χ3v) is 6.40. The molecule has 0 radical (unpaired) electrons. The number of hydrogen-bond acceptors (Lipinski definition) is 8. The average Bonchev–Trinajstić information content (AvgIpc) is 3.09. The van der Waals surface area contributed by atoms with Crippen molar-refractivity contribution >= 4 is 11.8 Å². The Kier molecular flexibility index (Phi) is 4.37. The maximum atomic E-state index is 13.1. The quantitative estimate of drug-likeness (QED) is 0.549. The average molecular weight is 426 g/mol. The minimum atomic E-state index is -0.871. The molecule has 10 nitrogen and oxygen atoms in total. The number of fused-ring (bicyclic) bond motifs is 6. The first kappa shape index (κ1) is 20.6. The molecule has 0 N–H and O–H groups in total. The van der Waals surface area contributed by atoms with E-state index < -0.39 is 65.7 Å². The molecule has 10 heteroatoms. The highest BCUT2D eigenvalue weighted by Crippen LogP contribution is 2.46. The molecule has 5 atom stereocenters. The first-order valence-corrected chi connectivity index (χ1v) is 10.5. The maximum Gasteiger partial charge on any atom is 0.314 e. The lowest BCUT2D eigenvalue weighted by Crippen LogP contribution is -2.72. The van der Waals surface area contributed by atoms with E-state index in [9.17, 15) is 9.59 Å². The number of piperidine rings is 1. The fraction of sp³-hybridized carbons (Fsp3) is 0.900. The van der Waals surface area contributed by atoms with Gasteiger partial charge in [0.1, 0.15) is 24.5 Å². The van der Waals surface area contributed by atoms with Crippen molar-refractivity contribution in [3.8, 4) is 0 Å². The van der Waals surface area contributed by atoms with Crippen LogP contribution in [0.1, 0.15) is 41.5 Å². The predicted molar refractivity (Wildman–Crippen MR) is 99.8 cm³/mol. The molecular formula is C20H30N2O8. The number of amides is 2. The highest BCUT2D eigenvalue weighted by molar-refractivity contribution is 6.37. The van der Waals surface area contributed by atoms with Crippen LogP contribution in [0.3, 0.4) is 0 Å². The third kappa shape index (κ3) is 3.08. The minimum Gasteiger partial charge on any atom is -0.348 e. The molecule has 0 aromatic heterocycles. The summed E-state index contributed by atoms with van der Waals surface area (Å²) in [6, 6.07) is -0.860. The number of nitrogens with zero attached hydrogens (tertiary/aromatic N) is 2. The van der Waals surface area contributed by atoms with Crippen molar-refractivity contribution < 1.29 is 38.0 Å². The topological polar surface area (TPSA) is 96.0 Å². The van der Waals surface area contributed by atoms with E-state index in [1.165, 1.54) is 0 Å². The van der Waals surface area contributed by atoms with E-state index in [0.29, 0.717) is 0 Å². The SMILES string of the molecule is CC1(C)OCC(N2C(=O)C(=O)N3[C@@H]4COC(C)(C)O[C@H]4[C@@H]4OC(C)(C)O[C@@H]4[C@@H]23)CO1. The summed E-state index contributed by atoms with van der Waals surface area (Å²) in [5.41, 5.74) is 0. The summed E-state index contributed by atoms with van der Waals surface area (Å²) >= 11 is 0. The van der Waals surface area contributed by atoms with Gasteiger partial charge in [-0.1, -0.05) is 0 Å². The Balaban J connectivity index is 1.51. The van der Waals surface area contributed by atoms with Crippen molar-refractivity contribution in [2.24, 2.45) is 0 Å². The van der Waals surface area contributed by atoms with Crippen LogP contribution in [-0.2, 0) is 38.0 Å². The molecule has 5 fully saturated rings. The smallest absolute Gasteiger partial charge is 0.314 e. The summed E-state index contributed by atoms with van der Waals surface area (Å²) in [6.07, 6.45) is -2.10. The largest absolute Gasteiger partial charge is 0.348 e. The molecule has 0 aromatic rings. The fourth-order valence-electron chi connectivity index (χ4n) is 5.13. The molecular weight excluding hydrogens is 396 g/mol. The lowest BCUT2D eigenvalue weighted by Gasteiger charge is -2.53. The molecule has 168 valence electrons. The standard InChI is InChI=1S/C20H30N2O8/c1-18(2)25-7-10(8-26-18)21-15-14-13(29-20(5,6)30-14)12-11(9-27-19(3,4)28-12)22(15)17(24)16(21)23/h10-15H,7-9H2,1-6H3/t11-,12-,13+,14+,15+/m1/s1. The van der Waals surface area contributed by atoms with Crippen LogP contribution in [0.15, 0.2) is 0 Å². The molecule has 0 aromatic carbocycles. The molecule has 5 aliphatic heterocycles. The van der Waals surface area contributed by atoms with E-state index in [4.69, 9.17) is 28.4 Å². The number of carbonyl (C=O) groups is 2. The van der Waals surface area contributed by atoms with Crippen molar-refractivity contribution in [2.45, 2.75) is 95.5 Å². The second kappa shape index (κ2) is 6.36. The van der Waals surface area contributed by atoms with Gasteiger partial charge in [-0.05, 0) is 41.5 Å². The van der Waals surface area contributed by atoms with Gasteiger partial charge in [-0.3, -0.25) is 9.59 Å². The van der Waals surface area contributed by atoms with Crippen molar-refractivity contribution in [3.63, 3.8) is 0 Å². The van der Waals surface area contributed by atoms with Crippen molar-refractivity contribution in [1.29, 1.82) is 0 Å². The molecule has 0 unspecified atom stereocenters. The second-order valence-corrected chi connectivity index (χ2v) is 9.94. The summed E-state index contributed by atoms with van der Waals surface area (Å²) in [4.78, 5) is 29.4. The summed E-state index contributed by atoms with van der Waals surface area (Å²) in [6.45, 7) is 11.7. The molecule has 0 bridgehead atoms. The van der Waals surface area contributed by atoms with Gasteiger partial charge in [0.2, 0.25) is 0 Å². The Labute approximate surface area is 175 Å². The second-order valence-electron chi connectivity index (χ2n) is 9.94. The van der Waals surface area contributed by atoms with E-state index in [1.807, 2.05) is 41.5 Å². The van der Waals surface area contributed by atoms with Gasteiger partial charge >= 0.3 is 11.8 Å². The molecule has 5 rings (SSSR count). The van der Waals surface area contributed by atoms with Gasteiger partial charge in [-0.25, -0.2) is 0 Å². The molecule has 2 amide bonds. The first-order valence-electron chi connectivity index (χ1n) is 10.5. The number of carbonyl (C=O) groups excluding carboxylic acids is 2. The zero-order valence-electron chi connectivity index (χ0n) is 18.2. The normalized spacial score (nSPS) is 42.1. The Bertz CT molecular complexity index is 742. The molecule has 5 saturated heterocycles. The highest BCUT2D eigenvalue weighted by Gasteiger charge is 2.67. The minimum absolute atomic E-state index is 0.249. The highest BCUT2D eigenvalue weighted by atomic mass is 16.8. The Hall–Kier alpha value is -1.30. The Morgan fingerprint density at radius 2 is 1.20 bits per heavy atom. The lowest BCUT2D eigenvalue weighted by molar-refractivity contribution is -0.325. The molecule has 0 spiro atoms. The lowest BCUT2D eigenvalue weighted by atomic mass is 9.90. The summed E-state index contributed by atoms with van der Waals surface area (Å²) in [5.74, 6) is -3.59. The third-order valence-electron chi connectivity index (χ3n) is 6.40. The van der Waals surface area contributed by atoms with Crippen LogP contribution >= 0.6 is 0 Å². The van der Waals surface area contributed by atoms with Crippen LogP contribution in [-0.4, -0.2) is 95.4 Å². The zero-order chi connectivity index (χ0) is 21.6. The van der Waals surface area contributed by atoms with E-state index in [-0.39, 0.29) is 19.8 Å². The number of hydrogen-bond donors (Lipinski definition) is 0. The number of ether oxygens (including phenoxy) is 6. The number of rotatable bonds is 1. The van der Waals surface area contributed by atoms with Gasteiger partial charge in [-0.15, -0.1) is 0 Å². The maximum absolute atomic E-state index is 13.1. The van der Waals surface area contributed by atoms with Crippen molar-refractivity contribution in [1.82, 2.24) is 9.80 Å². The summed E-state index contributed by atoms with van der Waals surface area (Å²) in [5, 5.41) is 0. The molecule has 0 saturated carbocycles. The van der Waals surface area contributed by atoms with Gasteiger partial charge in [0.15, 0.2) is 17.4 Å². The molecule has 30 heavy (non-hydrogen) atoms. The van der Waals surface area contributed by atoms with Crippen LogP contribution in [0.2, 0.25) is 0 Å². The van der Waals surface area contributed by atoms with Crippen molar-refractivity contribution in [3.05, 3.63) is 0 Å². The van der Waals surface area contributed by atoms with E-state index in [0.717, 1.165) is 0 Å². The van der Waals surface area contributed by atoms with Crippen LogP contribution in [0.25, 0.3) is 0 Å². The molecule has 5 heterocycles. The molecule has 5 aliphatic rings. The summed E-state index contributed by atoms with van der Waals surface area (Å²) < 4.78 is 36.0. The monoisotopic (exact) mass is 426 g/mol. The summed E-state index contributed by atoms with van der Waals surface area (Å²) in [7, 11) is 0. The predicted octanol–water partition coefficient (Wildman–Crippen LogP) is 0.189. The van der Waals surface area contributed by atoms with Gasteiger partial charge in [0.25, 0.3) is 0 Å². The first-order chi connectivity index (χ1) is 13.9. The van der Waals surface area contributed by atoms with Crippen LogP contribution in [0.4, 0.5) is 0 Å². The van der Waals surface area contributed by atoms with Crippen LogP contribution < -0.4 is 0 Å². The fourth-order valence-corrected chi connectivity index (χ4v) is 5.13. The van der Waals surface area contributed by atoms with Gasteiger partial charge in [0.05, 0.1) is 31.9 Å². The van der Waals surface area contributed by atoms with E-state index in [2.05, 4.69) is 0 Å². The van der Waals surface area contributed by atoms with Gasteiger partial charge in [-0.2, -0.15) is 0 Å². The Morgan fingerprint density at radius 3 is 1.87 bits per heavy atom. The van der Waals surface area contributed by atoms with Gasteiger partial charge in [0, 0.05) is 0 Å². The molecule has 0 aliphatic carbocycles. The van der Waals surface area contributed by atoms with E-state index in [1.54, 1.807) is 9.80 Å². The van der Waals surface area contributed by atoms with Crippen LogP contribution in [0.5, 0.6) is 0 Å².